The van der Waals surface area contributed by atoms with Gasteiger partial charge in [-0.1, -0.05) is 24.3 Å². The van der Waals surface area contributed by atoms with E-state index in [1.807, 2.05) is 20.9 Å². The molecule has 0 spiro atoms. The van der Waals surface area contributed by atoms with Crippen LogP contribution in [0, 0.1) is 20.8 Å². The first-order valence-electron chi connectivity index (χ1n) is 6.93. The summed E-state index contributed by atoms with van der Waals surface area (Å²) in [5, 5.41) is 6.52. The minimum absolute atomic E-state index is 0.776. The number of hydrogen-bond donors (Lipinski definition) is 2. The molecule has 2 aromatic rings. The van der Waals surface area contributed by atoms with Crippen molar-refractivity contribution >= 4 is 11.6 Å². The van der Waals surface area contributed by atoms with Crippen molar-refractivity contribution in [3.63, 3.8) is 0 Å². The molecular formula is C16H22N4. The lowest BCUT2D eigenvalue weighted by Crippen LogP contribution is -2.11. The summed E-state index contributed by atoms with van der Waals surface area (Å²) < 4.78 is 0. The van der Waals surface area contributed by atoms with Gasteiger partial charge in [-0.25, -0.2) is 9.97 Å². The highest BCUT2D eigenvalue weighted by molar-refractivity contribution is 5.56. The van der Waals surface area contributed by atoms with Crippen LogP contribution in [0.5, 0.6) is 0 Å². The van der Waals surface area contributed by atoms with Crippen LogP contribution in [0.4, 0.5) is 11.6 Å². The van der Waals surface area contributed by atoms with Gasteiger partial charge in [-0.2, -0.15) is 0 Å². The van der Waals surface area contributed by atoms with Crippen molar-refractivity contribution in [3.8, 4) is 0 Å². The number of hydrogen-bond acceptors (Lipinski definition) is 4. The fraction of sp³-hybridized carbons (Fsp3) is 0.375. The summed E-state index contributed by atoms with van der Waals surface area (Å²) >= 11 is 0. The second-order valence-electron chi connectivity index (χ2n) is 4.95. The van der Waals surface area contributed by atoms with Crippen LogP contribution >= 0.6 is 0 Å². The van der Waals surface area contributed by atoms with Crippen LogP contribution in [0.15, 0.2) is 24.3 Å². The molecule has 0 saturated carbocycles. The highest BCUT2D eigenvalue weighted by atomic mass is 15.1. The first-order chi connectivity index (χ1) is 9.61. The number of nitrogens with zero attached hydrogens (tertiary/aromatic N) is 2. The predicted molar refractivity (Wildman–Crippen MR) is 84.4 cm³/mol. The van der Waals surface area contributed by atoms with E-state index in [1.54, 1.807) is 0 Å². The largest absolute Gasteiger partial charge is 0.373 e. The Kier molecular flexibility index (Phi) is 4.56. The van der Waals surface area contributed by atoms with Crippen LogP contribution in [0.1, 0.15) is 22.5 Å². The molecule has 4 nitrogen and oxygen atoms in total. The Morgan fingerprint density at radius 3 is 2.40 bits per heavy atom. The SMILES string of the molecule is CNc1nc(C)nc(NCCc2ccccc2C)c1C. The first kappa shape index (κ1) is 14.3. The Bertz CT molecular complexity index is 593. The average Bonchev–Trinajstić information content (AvgIpc) is 2.44. The number of rotatable bonds is 5. The quantitative estimate of drug-likeness (QED) is 0.876. The summed E-state index contributed by atoms with van der Waals surface area (Å²) in [4.78, 5) is 8.84. The number of benzene rings is 1. The van der Waals surface area contributed by atoms with Gasteiger partial charge in [-0.05, 0) is 38.3 Å². The van der Waals surface area contributed by atoms with Gasteiger partial charge in [0.2, 0.25) is 0 Å². The molecule has 0 bridgehead atoms. The monoisotopic (exact) mass is 270 g/mol. The van der Waals surface area contributed by atoms with Crippen LogP contribution in [0.25, 0.3) is 0 Å². The molecule has 0 aliphatic rings. The Hall–Kier alpha value is -2.10. The third kappa shape index (κ3) is 3.26. The molecule has 0 atom stereocenters. The molecule has 2 N–H and O–H groups in total. The first-order valence-corrected chi connectivity index (χ1v) is 6.93. The number of aromatic nitrogens is 2. The van der Waals surface area contributed by atoms with E-state index in [2.05, 4.69) is 51.8 Å². The second-order valence-corrected chi connectivity index (χ2v) is 4.95. The van der Waals surface area contributed by atoms with Gasteiger partial charge < -0.3 is 10.6 Å². The number of nitrogens with one attached hydrogen (secondary N) is 2. The average molecular weight is 270 g/mol. The highest BCUT2D eigenvalue weighted by Crippen LogP contribution is 2.19. The van der Waals surface area contributed by atoms with Gasteiger partial charge >= 0.3 is 0 Å². The topological polar surface area (TPSA) is 49.8 Å². The van der Waals surface area contributed by atoms with Crippen molar-refractivity contribution in [1.82, 2.24) is 9.97 Å². The van der Waals surface area contributed by atoms with Crippen molar-refractivity contribution in [2.75, 3.05) is 24.2 Å². The lowest BCUT2D eigenvalue weighted by molar-refractivity contribution is 0.964. The molecule has 0 saturated heterocycles. The summed E-state index contributed by atoms with van der Waals surface area (Å²) in [6, 6.07) is 8.48. The van der Waals surface area contributed by atoms with E-state index in [4.69, 9.17) is 0 Å². The van der Waals surface area contributed by atoms with E-state index < -0.39 is 0 Å². The Morgan fingerprint density at radius 2 is 1.70 bits per heavy atom. The van der Waals surface area contributed by atoms with E-state index in [0.717, 1.165) is 36.0 Å². The second kappa shape index (κ2) is 6.37. The minimum atomic E-state index is 0.776. The molecule has 4 heteroatoms. The van der Waals surface area contributed by atoms with Gasteiger partial charge in [0.25, 0.3) is 0 Å². The fourth-order valence-electron chi connectivity index (χ4n) is 2.25. The third-order valence-electron chi connectivity index (χ3n) is 3.44. The minimum Gasteiger partial charge on any atom is -0.373 e. The molecular weight excluding hydrogens is 248 g/mol. The van der Waals surface area contributed by atoms with Crippen LogP contribution < -0.4 is 10.6 Å². The zero-order valence-electron chi connectivity index (χ0n) is 12.6. The highest BCUT2D eigenvalue weighted by Gasteiger charge is 2.07. The van der Waals surface area contributed by atoms with Gasteiger partial charge in [0, 0.05) is 19.2 Å². The lowest BCUT2D eigenvalue weighted by atomic mass is 10.1. The normalized spacial score (nSPS) is 10.4. The van der Waals surface area contributed by atoms with Crippen LogP contribution in [0.3, 0.4) is 0 Å². The van der Waals surface area contributed by atoms with Gasteiger partial charge in [0.1, 0.15) is 17.5 Å². The Morgan fingerprint density at radius 1 is 1.00 bits per heavy atom. The van der Waals surface area contributed by atoms with E-state index in [1.165, 1.54) is 11.1 Å². The maximum absolute atomic E-state index is 4.47. The molecule has 0 amide bonds. The summed E-state index contributed by atoms with van der Waals surface area (Å²) in [6.45, 7) is 6.95. The Labute approximate surface area is 120 Å². The maximum atomic E-state index is 4.47. The number of aryl methyl sites for hydroxylation is 2. The molecule has 1 aromatic carbocycles. The molecule has 0 aliphatic heterocycles. The van der Waals surface area contributed by atoms with Crippen molar-refractivity contribution in [2.45, 2.75) is 27.2 Å². The van der Waals surface area contributed by atoms with Crippen molar-refractivity contribution in [2.24, 2.45) is 0 Å². The smallest absolute Gasteiger partial charge is 0.134 e. The molecule has 0 aliphatic carbocycles. The molecule has 0 radical (unpaired) electrons. The molecule has 20 heavy (non-hydrogen) atoms. The van der Waals surface area contributed by atoms with Gasteiger partial charge in [0.15, 0.2) is 0 Å². The van der Waals surface area contributed by atoms with Crippen molar-refractivity contribution in [1.29, 1.82) is 0 Å². The van der Waals surface area contributed by atoms with E-state index in [9.17, 15) is 0 Å². The van der Waals surface area contributed by atoms with E-state index >= 15 is 0 Å². The lowest BCUT2D eigenvalue weighted by Gasteiger charge is -2.13. The molecule has 0 unspecified atom stereocenters. The van der Waals surface area contributed by atoms with Crippen molar-refractivity contribution < 1.29 is 0 Å². The van der Waals surface area contributed by atoms with Crippen LogP contribution in [-0.2, 0) is 6.42 Å². The third-order valence-corrected chi connectivity index (χ3v) is 3.44. The molecule has 1 aromatic heterocycles. The molecule has 106 valence electrons. The standard InChI is InChI=1S/C16H22N4/c1-11-7-5-6-8-14(11)9-10-18-16-12(2)15(17-4)19-13(3)20-16/h5-8H,9-10H2,1-4H3,(H2,17,18,19,20). The summed E-state index contributed by atoms with van der Waals surface area (Å²) in [5.74, 6) is 2.57. The Balaban J connectivity index is 2.05. The summed E-state index contributed by atoms with van der Waals surface area (Å²) in [5.41, 5.74) is 3.76. The van der Waals surface area contributed by atoms with E-state index in [-0.39, 0.29) is 0 Å². The zero-order valence-corrected chi connectivity index (χ0v) is 12.6. The summed E-state index contributed by atoms with van der Waals surface area (Å²) in [7, 11) is 1.88. The molecule has 0 fully saturated rings. The summed E-state index contributed by atoms with van der Waals surface area (Å²) in [6.07, 6.45) is 0.990. The molecule has 2 rings (SSSR count). The fourth-order valence-corrected chi connectivity index (χ4v) is 2.25. The van der Waals surface area contributed by atoms with Crippen LogP contribution in [0.2, 0.25) is 0 Å². The van der Waals surface area contributed by atoms with E-state index in [0.29, 0.717) is 0 Å². The van der Waals surface area contributed by atoms with Gasteiger partial charge in [-0.3, -0.25) is 0 Å². The van der Waals surface area contributed by atoms with Crippen molar-refractivity contribution in [3.05, 3.63) is 46.8 Å². The van der Waals surface area contributed by atoms with Gasteiger partial charge in [0.05, 0.1) is 0 Å². The molecule has 1 heterocycles. The van der Waals surface area contributed by atoms with Gasteiger partial charge in [-0.15, -0.1) is 0 Å². The van der Waals surface area contributed by atoms with Crippen LogP contribution in [-0.4, -0.2) is 23.6 Å². The zero-order chi connectivity index (χ0) is 14.5. The number of anilines is 2. The maximum Gasteiger partial charge on any atom is 0.134 e. The predicted octanol–water partition coefficient (Wildman–Crippen LogP) is 3.10.